The van der Waals surface area contributed by atoms with E-state index >= 15 is 0 Å². The van der Waals surface area contributed by atoms with Gasteiger partial charge < -0.3 is 14.1 Å². The standard InChI is InChI=1S/C25H26N2O6/c1-14(2)32-11-5-10-26-22(17-6-8-18(9-7-17)27(30)31)21-23(28)19-12-15(3)16(4)13-20(19)33-24(21)25(26)29/h6-9,12-14,22H,5,10-11H2,1-4H3/t22-/m1/s1. The molecule has 0 bridgehead atoms. The van der Waals surface area contributed by atoms with E-state index in [1.807, 2.05) is 27.7 Å². The van der Waals surface area contributed by atoms with Crippen molar-refractivity contribution >= 4 is 22.6 Å². The quantitative estimate of drug-likeness (QED) is 0.294. The maximum atomic E-state index is 13.6. The highest BCUT2D eigenvalue weighted by Crippen LogP contribution is 2.39. The van der Waals surface area contributed by atoms with Gasteiger partial charge in [0.25, 0.3) is 11.6 Å². The number of ether oxygens (including phenoxy) is 1. The molecule has 0 saturated heterocycles. The lowest BCUT2D eigenvalue weighted by Crippen LogP contribution is -2.31. The molecule has 33 heavy (non-hydrogen) atoms. The van der Waals surface area contributed by atoms with Gasteiger partial charge in [-0.1, -0.05) is 0 Å². The number of fused-ring (bicyclic) bond motifs is 2. The number of aryl methyl sites for hydroxylation is 2. The molecule has 0 radical (unpaired) electrons. The number of benzene rings is 2. The summed E-state index contributed by atoms with van der Waals surface area (Å²) < 4.78 is 11.6. The third-order valence-corrected chi connectivity index (χ3v) is 6.00. The molecule has 0 fully saturated rings. The fraction of sp³-hybridized carbons (Fsp3) is 0.360. The molecule has 1 aliphatic rings. The van der Waals surface area contributed by atoms with E-state index < -0.39 is 11.0 Å². The van der Waals surface area contributed by atoms with E-state index in [-0.39, 0.29) is 34.5 Å². The number of amides is 1. The normalized spacial score (nSPS) is 15.5. The Balaban J connectivity index is 1.83. The van der Waals surface area contributed by atoms with Crippen molar-refractivity contribution in [1.82, 2.24) is 4.90 Å². The van der Waals surface area contributed by atoms with Gasteiger partial charge in [-0.15, -0.1) is 0 Å². The van der Waals surface area contributed by atoms with Crippen LogP contribution in [0.15, 0.2) is 45.6 Å². The Morgan fingerprint density at radius 2 is 1.79 bits per heavy atom. The van der Waals surface area contributed by atoms with Crippen molar-refractivity contribution < 1.29 is 18.9 Å². The zero-order chi connectivity index (χ0) is 23.9. The van der Waals surface area contributed by atoms with Crippen LogP contribution >= 0.6 is 0 Å². The molecule has 3 aromatic rings. The summed E-state index contributed by atoms with van der Waals surface area (Å²) in [7, 11) is 0. The van der Waals surface area contributed by atoms with Gasteiger partial charge in [-0.3, -0.25) is 19.7 Å². The molecule has 1 aromatic heterocycles. The second-order valence-corrected chi connectivity index (χ2v) is 8.63. The molecule has 2 heterocycles. The Morgan fingerprint density at radius 1 is 1.12 bits per heavy atom. The zero-order valence-corrected chi connectivity index (χ0v) is 19.1. The van der Waals surface area contributed by atoms with E-state index in [9.17, 15) is 19.7 Å². The molecular weight excluding hydrogens is 424 g/mol. The van der Waals surface area contributed by atoms with Crippen LogP contribution in [0.2, 0.25) is 0 Å². The fourth-order valence-electron chi connectivity index (χ4n) is 4.18. The fourth-order valence-corrected chi connectivity index (χ4v) is 4.18. The number of nitro benzene ring substituents is 1. The molecule has 8 nitrogen and oxygen atoms in total. The highest BCUT2D eigenvalue weighted by molar-refractivity contribution is 5.99. The Kier molecular flexibility index (Phi) is 6.03. The van der Waals surface area contributed by atoms with Crippen LogP contribution in [0, 0.1) is 24.0 Å². The van der Waals surface area contributed by atoms with Crippen LogP contribution in [0.3, 0.4) is 0 Å². The van der Waals surface area contributed by atoms with Gasteiger partial charge in [-0.05, 0) is 75.1 Å². The predicted octanol–water partition coefficient (Wildman–Crippen LogP) is 4.68. The largest absolute Gasteiger partial charge is 0.450 e. The molecule has 1 atom stereocenters. The number of hydrogen-bond acceptors (Lipinski definition) is 6. The monoisotopic (exact) mass is 450 g/mol. The molecule has 0 aliphatic carbocycles. The van der Waals surface area contributed by atoms with Crippen LogP contribution in [0.4, 0.5) is 5.69 Å². The third-order valence-electron chi connectivity index (χ3n) is 6.00. The Morgan fingerprint density at radius 3 is 2.42 bits per heavy atom. The average Bonchev–Trinajstić information content (AvgIpc) is 3.04. The van der Waals surface area contributed by atoms with Gasteiger partial charge in [0, 0.05) is 25.3 Å². The molecule has 1 amide bonds. The van der Waals surface area contributed by atoms with Gasteiger partial charge in [-0.25, -0.2) is 0 Å². The molecule has 2 aromatic carbocycles. The first-order chi connectivity index (χ1) is 15.7. The third kappa shape index (κ3) is 4.14. The highest BCUT2D eigenvalue weighted by Gasteiger charge is 2.42. The van der Waals surface area contributed by atoms with Crippen LogP contribution in [-0.4, -0.2) is 35.0 Å². The van der Waals surface area contributed by atoms with Crippen molar-refractivity contribution in [2.75, 3.05) is 13.2 Å². The Hall–Kier alpha value is -3.52. The SMILES string of the molecule is Cc1cc2oc3c(c(=O)c2cc1C)[C@@H](c1ccc([N+](=O)[O-])cc1)N(CCCOC(C)C)C3=O. The van der Waals surface area contributed by atoms with Crippen molar-refractivity contribution in [3.63, 3.8) is 0 Å². The number of nitro groups is 1. The predicted molar refractivity (Wildman–Crippen MR) is 124 cm³/mol. The Labute approximate surface area is 190 Å². The summed E-state index contributed by atoms with van der Waals surface area (Å²) in [5, 5.41) is 11.5. The van der Waals surface area contributed by atoms with E-state index in [4.69, 9.17) is 9.15 Å². The number of carbonyl (C=O) groups is 1. The van der Waals surface area contributed by atoms with Crippen molar-refractivity contribution in [2.24, 2.45) is 0 Å². The van der Waals surface area contributed by atoms with Crippen molar-refractivity contribution in [1.29, 1.82) is 0 Å². The summed E-state index contributed by atoms with van der Waals surface area (Å²) in [6.07, 6.45) is 0.648. The van der Waals surface area contributed by atoms with Crippen LogP contribution in [0.1, 0.15) is 59.1 Å². The van der Waals surface area contributed by atoms with E-state index in [0.717, 1.165) is 11.1 Å². The first kappa shape index (κ1) is 22.7. The maximum absolute atomic E-state index is 13.6. The molecule has 0 N–H and O–H groups in total. The van der Waals surface area contributed by atoms with Crippen LogP contribution in [0.25, 0.3) is 11.0 Å². The minimum absolute atomic E-state index is 0.0314. The molecule has 0 spiro atoms. The molecule has 0 saturated carbocycles. The molecule has 8 heteroatoms. The second kappa shape index (κ2) is 8.78. The summed E-state index contributed by atoms with van der Waals surface area (Å²) >= 11 is 0. The summed E-state index contributed by atoms with van der Waals surface area (Å²) in [6.45, 7) is 8.53. The number of nitrogens with zero attached hydrogens (tertiary/aromatic N) is 2. The zero-order valence-electron chi connectivity index (χ0n) is 19.1. The van der Waals surface area contributed by atoms with Crippen molar-refractivity contribution in [3.05, 3.63) is 84.7 Å². The highest BCUT2D eigenvalue weighted by atomic mass is 16.6. The first-order valence-corrected chi connectivity index (χ1v) is 10.9. The molecule has 4 rings (SSSR count). The molecular formula is C25H26N2O6. The Bertz CT molecular complexity index is 1290. The van der Waals surface area contributed by atoms with Gasteiger partial charge in [0.05, 0.1) is 28.0 Å². The number of hydrogen-bond donors (Lipinski definition) is 0. The molecule has 172 valence electrons. The number of non-ortho nitro benzene ring substituents is 1. The maximum Gasteiger partial charge on any atom is 0.290 e. The topological polar surface area (TPSA) is 103 Å². The van der Waals surface area contributed by atoms with Gasteiger partial charge in [-0.2, -0.15) is 0 Å². The van der Waals surface area contributed by atoms with Crippen LogP contribution in [-0.2, 0) is 4.74 Å². The van der Waals surface area contributed by atoms with E-state index in [0.29, 0.717) is 36.1 Å². The minimum atomic E-state index is -0.686. The summed E-state index contributed by atoms with van der Waals surface area (Å²) in [6, 6.07) is 8.82. The lowest BCUT2D eigenvalue weighted by molar-refractivity contribution is -0.384. The molecule has 0 unspecified atom stereocenters. The summed E-state index contributed by atoms with van der Waals surface area (Å²) in [5.41, 5.74) is 2.87. The van der Waals surface area contributed by atoms with Crippen LogP contribution < -0.4 is 5.43 Å². The number of carbonyl (C=O) groups excluding carboxylic acids is 1. The van der Waals surface area contributed by atoms with Gasteiger partial charge in [0.15, 0.2) is 5.43 Å². The van der Waals surface area contributed by atoms with E-state index in [2.05, 4.69) is 0 Å². The summed E-state index contributed by atoms with van der Waals surface area (Å²) in [4.78, 5) is 39.2. The van der Waals surface area contributed by atoms with Gasteiger partial charge >= 0.3 is 0 Å². The second-order valence-electron chi connectivity index (χ2n) is 8.63. The van der Waals surface area contributed by atoms with Crippen molar-refractivity contribution in [3.8, 4) is 0 Å². The van der Waals surface area contributed by atoms with Crippen LogP contribution in [0.5, 0.6) is 0 Å². The van der Waals surface area contributed by atoms with Crippen molar-refractivity contribution in [2.45, 2.75) is 46.3 Å². The van der Waals surface area contributed by atoms with Gasteiger partial charge in [0.2, 0.25) is 5.76 Å². The van der Waals surface area contributed by atoms with E-state index in [1.165, 1.54) is 12.1 Å². The van der Waals surface area contributed by atoms with E-state index in [1.54, 1.807) is 29.2 Å². The number of rotatable bonds is 7. The molecule has 1 aliphatic heterocycles. The lowest BCUT2D eigenvalue weighted by atomic mass is 9.97. The lowest BCUT2D eigenvalue weighted by Gasteiger charge is -2.25. The smallest absolute Gasteiger partial charge is 0.290 e. The van der Waals surface area contributed by atoms with Gasteiger partial charge in [0.1, 0.15) is 5.58 Å². The minimum Gasteiger partial charge on any atom is -0.450 e. The first-order valence-electron chi connectivity index (χ1n) is 10.9. The summed E-state index contributed by atoms with van der Waals surface area (Å²) in [5.74, 6) is -0.334. The average molecular weight is 450 g/mol.